The lowest BCUT2D eigenvalue weighted by Gasteiger charge is -2.12. The summed E-state index contributed by atoms with van der Waals surface area (Å²) in [5.41, 5.74) is 1.25. The van der Waals surface area contributed by atoms with Gasteiger partial charge in [0.1, 0.15) is 12.0 Å². The Morgan fingerprint density at radius 3 is 2.68 bits per heavy atom. The second-order valence-electron chi connectivity index (χ2n) is 4.74. The minimum absolute atomic E-state index is 0.146. The maximum Gasteiger partial charge on any atom is 0.388 e. The molecule has 0 unspecified atom stereocenters. The number of carbonyl (C=O) groups is 1. The molecule has 0 aliphatic carbocycles. The van der Waals surface area contributed by atoms with E-state index in [1.807, 2.05) is 0 Å². The monoisotopic (exact) mass is 354 g/mol. The Labute approximate surface area is 142 Å². The van der Waals surface area contributed by atoms with Crippen LogP contribution in [0.3, 0.4) is 0 Å². The summed E-state index contributed by atoms with van der Waals surface area (Å²) in [7, 11) is 2.58. The molecule has 0 radical (unpaired) electrons. The lowest BCUT2D eigenvalue weighted by molar-refractivity contribution is -0.138. The number of nitrogens with zero attached hydrogens (tertiary/aromatic N) is 2. The van der Waals surface area contributed by atoms with E-state index >= 15 is 0 Å². The molecule has 0 fully saturated rings. The maximum atomic E-state index is 12.2. The number of alkyl halides is 2. The van der Waals surface area contributed by atoms with E-state index in [0.29, 0.717) is 11.4 Å². The second kappa shape index (κ2) is 8.13. The quantitative estimate of drug-likeness (QED) is 0.433. The number of rotatable bonds is 7. The molecule has 7 nitrogen and oxygen atoms in total. The predicted octanol–water partition coefficient (Wildman–Crippen LogP) is 2.82. The van der Waals surface area contributed by atoms with Crippen molar-refractivity contribution < 1.29 is 32.5 Å². The van der Waals surface area contributed by atoms with Crippen LogP contribution in [0.5, 0.6) is 11.6 Å². The summed E-state index contributed by atoms with van der Waals surface area (Å²) >= 11 is 0. The normalized spacial score (nSPS) is 11.4. The third-order valence-electron chi connectivity index (χ3n) is 3.04. The lowest BCUT2D eigenvalue weighted by Crippen LogP contribution is -2.12. The van der Waals surface area contributed by atoms with Gasteiger partial charge in [0.2, 0.25) is 11.6 Å². The zero-order valence-electron chi connectivity index (χ0n) is 13.7. The number of benzene rings is 1. The molecule has 2 rings (SSSR count). The van der Waals surface area contributed by atoms with E-state index in [1.165, 1.54) is 31.2 Å². The van der Waals surface area contributed by atoms with Gasteiger partial charge in [0.25, 0.3) is 0 Å². The molecule has 134 valence electrons. The fourth-order valence-electron chi connectivity index (χ4n) is 1.89. The average Bonchev–Trinajstić information content (AvgIpc) is 3.03. The van der Waals surface area contributed by atoms with Crippen molar-refractivity contribution >= 4 is 5.97 Å². The molecule has 0 saturated carbocycles. The van der Waals surface area contributed by atoms with Gasteiger partial charge in [-0.2, -0.15) is 8.78 Å². The molecule has 2 aromatic rings. The molecule has 1 heterocycles. The van der Waals surface area contributed by atoms with Gasteiger partial charge in [-0.1, -0.05) is 6.07 Å². The smallest absolute Gasteiger partial charge is 0.388 e. The molecule has 25 heavy (non-hydrogen) atoms. The van der Waals surface area contributed by atoms with Crippen molar-refractivity contribution in [1.82, 2.24) is 9.78 Å². The van der Waals surface area contributed by atoms with E-state index in [4.69, 9.17) is 9.47 Å². The van der Waals surface area contributed by atoms with E-state index in [0.717, 1.165) is 11.8 Å². The summed E-state index contributed by atoms with van der Waals surface area (Å²) in [5, 5.41) is 3.89. The summed E-state index contributed by atoms with van der Waals surface area (Å²) in [6, 6.07) is 6.32. The highest BCUT2D eigenvalue weighted by Crippen LogP contribution is 2.25. The summed E-state index contributed by atoms with van der Waals surface area (Å²) in [6.45, 7) is -1.18. The Balaban J connectivity index is 2.29. The van der Waals surface area contributed by atoms with Crippen molar-refractivity contribution in [2.24, 2.45) is 0 Å². The molecule has 9 heteroatoms. The molecular formula is C16H16F2N2O5. The fraction of sp³-hybridized carbons (Fsp3) is 0.250. The van der Waals surface area contributed by atoms with E-state index in [2.05, 4.69) is 14.6 Å². The van der Waals surface area contributed by atoms with Crippen LogP contribution in [-0.4, -0.2) is 36.6 Å². The highest BCUT2D eigenvalue weighted by molar-refractivity contribution is 5.86. The van der Waals surface area contributed by atoms with Gasteiger partial charge < -0.3 is 18.9 Å². The molecule has 1 aromatic heterocycles. The highest BCUT2D eigenvalue weighted by atomic mass is 19.3. The third kappa shape index (κ3) is 4.69. The predicted molar refractivity (Wildman–Crippen MR) is 82.7 cm³/mol. The first-order valence-corrected chi connectivity index (χ1v) is 7.05. The Bertz CT molecular complexity index is 774. The zero-order chi connectivity index (χ0) is 18.4. The number of carbonyl (C=O) groups excluding carboxylic acids is 1. The Hall–Kier alpha value is -3.10. The first-order valence-electron chi connectivity index (χ1n) is 7.05. The largest absolute Gasteiger partial charge is 0.500 e. The molecule has 0 atom stereocenters. The van der Waals surface area contributed by atoms with Crippen molar-refractivity contribution in [3.8, 4) is 17.3 Å². The second-order valence-corrected chi connectivity index (χ2v) is 4.74. The molecule has 0 bridgehead atoms. The topological polar surface area (TPSA) is 71.8 Å². The van der Waals surface area contributed by atoms with Gasteiger partial charge >= 0.3 is 12.6 Å². The Morgan fingerprint density at radius 2 is 2.04 bits per heavy atom. The van der Waals surface area contributed by atoms with E-state index in [1.54, 1.807) is 25.1 Å². The minimum Gasteiger partial charge on any atom is -0.500 e. The third-order valence-corrected chi connectivity index (χ3v) is 3.04. The first kappa shape index (κ1) is 18.2. The van der Waals surface area contributed by atoms with E-state index < -0.39 is 12.6 Å². The van der Waals surface area contributed by atoms with Crippen LogP contribution in [0.25, 0.3) is 5.69 Å². The SMILES string of the molecule is CO/C=C(\Oc1cc(-n2ccc(OC(F)F)n2)ccc1C)C(=O)OC. The van der Waals surface area contributed by atoms with Crippen LogP contribution in [0.2, 0.25) is 0 Å². The Kier molecular flexibility index (Phi) is 5.93. The standard InChI is InChI=1S/C16H16F2N2O5/c1-10-4-5-11(20-7-6-14(19-20)25-16(17)18)8-12(10)24-13(9-22-2)15(21)23-3/h4-9,16H,1-3H3/b13-9-. The molecule has 0 N–H and O–H groups in total. The van der Waals surface area contributed by atoms with Crippen LogP contribution in [0, 0.1) is 6.92 Å². The van der Waals surface area contributed by atoms with Gasteiger partial charge in [0, 0.05) is 18.3 Å². The number of methoxy groups -OCH3 is 2. The summed E-state index contributed by atoms with van der Waals surface area (Å²) < 4.78 is 45.0. The zero-order valence-corrected chi connectivity index (χ0v) is 13.7. The maximum absolute atomic E-state index is 12.2. The van der Waals surface area contributed by atoms with Crippen molar-refractivity contribution in [1.29, 1.82) is 0 Å². The van der Waals surface area contributed by atoms with Gasteiger partial charge in [0.05, 0.1) is 19.9 Å². The number of esters is 1. The Morgan fingerprint density at radius 1 is 1.28 bits per heavy atom. The van der Waals surface area contributed by atoms with E-state index in [-0.39, 0.29) is 11.6 Å². The number of ether oxygens (including phenoxy) is 4. The fourth-order valence-corrected chi connectivity index (χ4v) is 1.89. The van der Waals surface area contributed by atoms with Crippen molar-refractivity contribution in [2.45, 2.75) is 13.5 Å². The van der Waals surface area contributed by atoms with Crippen LogP contribution in [-0.2, 0) is 14.3 Å². The van der Waals surface area contributed by atoms with Crippen LogP contribution in [0.15, 0.2) is 42.5 Å². The molecule has 0 saturated heterocycles. The average molecular weight is 354 g/mol. The van der Waals surface area contributed by atoms with Crippen molar-refractivity contribution in [2.75, 3.05) is 14.2 Å². The number of aryl methyl sites for hydroxylation is 1. The van der Waals surface area contributed by atoms with Crippen molar-refractivity contribution in [3.05, 3.63) is 48.0 Å². The summed E-state index contributed by atoms with van der Waals surface area (Å²) in [4.78, 5) is 11.7. The van der Waals surface area contributed by atoms with Gasteiger partial charge in [0.15, 0.2) is 0 Å². The summed E-state index contributed by atoms with van der Waals surface area (Å²) in [6.07, 6.45) is 2.57. The van der Waals surface area contributed by atoms with Crippen LogP contribution < -0.4 is 9.47 Å². The molecule has 0 aliphatic heterocycles. The highest BCUT2D eigenvalue weighted by Gasteiger charge is 2.16. The molecule has 1 aromatic carbocycles. The van der Waals surface area contributed by atoms with E-state index in [9.17, 15) is 13.6 Å². The number of halogens is 2. The molecule has 0 amide bonds. The summed E-state index contributed by atoms with van der Waals surface area (Å²) in [5.74, 6) is -0.726. The first-order chi connectivity index (χ1) is 11.9. The molecule has 0 aliphatic rings. The lowest BCUT2D eigenvalue weighted by atomic mass is 10.2. The van der Waals surface area contributed by atoms with Gasteiger partial charge in [-0.3, -0.25) is 0 Å². The van der Waals surface area contributed by atoms with Gasteiger partial charge in [-0.15, -0.1) is 5.10 Å². The molecular weight excluding hydrogens is 338 g/mol. The van der Waals surface area contributed by atoms with Gasteiger partial charge in [-0.25, -0.2) is 9.48 Å². The van der Waals surface area contributed by atoms with Crippen LogP contribution in [0.1, 0.15) is 5.56 Å². The van der Waals surface area contributed by atoms with Crippen molar-refractivity contribution in [3.63, 3.8) is 0 Å². The number of aromatic nitrogens is 2. The minimum atomic E-state index is -2.96. The van der Waals surface area contributed by atoms with Crippen LogP contribution in [0.4, 0.5) is 8.78 Å². The molecule has 0 spiro atoms. The number of hydrogen-bond donors (Lipinski definition) is 0. The number of hydrogen-bond acceptors (Lipinski definition) is 6. The van der Waals surface area contributed by atoms with Gasteiger partial charge in [-0.05, 0) is 18.6 Å². The van der Waals surface area contributed by atoms with Crippen LogP contribution >= 0.6 is 0 Å².